The number of aromatic nitrogens is 6. The van der Waals surface area contributed by atoms with Crippen LogP contribution in [0.2, 0.25) is 5.02 Å². The van der Waals surface area contributed by atoms with Gasteiger partial charge in [-0.1, -0.05) is 23.4 Å². The number of carbonyl (C=O) groups is 1. The highest BCUT2D eigenvalue weighted by Crippen LogP contribution is 2.48. The number of fused-ring (bicyclic) bond motifs is 2. The topological polar surface area (TPSA) is 153 Å². The highest BCUT2D eigenvalue weighted by atomic mass is 35.5. The van der Waals surface area contributed by atoms with Crippen molar-refractivity contribution in [2.24, 2.45) is 11.1 Å². The molecule has 5 N–H and O–H groups in total. The fourth-order valence-corrected chi connectivity index (χ4v) is 6.24. The van der Waals surface area contributed by atoms with Crippen molar-refractivity contribution < 1.29 is 23.1 Å². The highest BCUT2D eigenvalue weighted by molar-refractivity contribution is 7.99. The second-order valence-electron chi connectivity index (χ2n) is 9.68. The summed E-state index contributed by atoms with van der Waals surface area (Å²) in [6, 6.07) is 4.00. The molecule has 0 unspecified atom stereocenters. The molecule has 0 aliphatic carbocycles. The second kappa shape index (κ2) is 10.4. The Kier molecular flexibility index (Phi) is 7.31. The molecule has 6 rings (SSSR count). The van der Waals surface area contributed by atoms with E-state index >= 15 is 0 Å². The number of piperidine rings is 1. The largest absolute Gasteiger partial charge is 0.490 e. The molecule has 1 saturated heterocycles. The van der Waals surface area contributed by atoms with Gasteiger partial charge in [0.25, 0.3) is 0 Å². The Bertz CT molecular complexity index is 1570. The summed E-state index contributed by atoms with van der Waals surface area (Å²) < 4.78 is 35.9. The summed E-state index contributed by atoms with van der Waals surface area (Å²) >= 11 is 7.84. The standard InChI is InChI=1S/C22H24ClN9S.C2HF3O2/c1-13-8-14-19(24)22(11-32(14)29-13)3-6-30(7-4-22)21-15-9-26-12-31(15)17(10-28-21)33-16-2-5-27-20(25)18(16)23;3-2(4,5)1(6)7/h2,5,8-10,12,19H,3-4,6-7,11,24H2,1H3,(H2,25,27);(H,6,7)/t19-;/m1./s1. The van der Waals surface area contributed by atoms with Crippen LogP contribution in [-0.2, 0) is 11.3 Å². The molecule has 2 aliphatic rings. The number of rotatable bonds is 3. The van der Waals surface area contributed by atoms with Crippen LogP contribution in [0.15, 0.2) is 47.0 Å². The van der Waals surface area contributed by atoms with Gasteiger partial charge < -0.3 is 21.5 Å². The lowest BCUT2D eigenvalue weighted by Crippen LogP contribution is -2.45. The van der Waals surface area contributed by atoms with Crippen molar-refractivity contribution in [1.29, 1.82) is 0 Å². The van der Waals surface area contributed by atoms with E-state index in [0.29, 0.717) is 10.8 Å². The molecule has 16 heteroatoms. The van der Waals surface area contributed by atoms with E-state index in [9.17, 15) is 13.2 Å². The van der Waals surface area contributed by atoms with Crippen LogP contribution in [-0.4, -0.2) is 59.5 Å². The third kappa shape index (κ3) is 5.15. The van der Waals surface area contributed by atoms with Crippen molar-refractivity contribution in [3.63, 3.8) is 0 Å². The van der Waals surface area contributed by atoms with Gasteiger partial charge in [0.15, 0.2) is 5.82 Å². The number of halogens is 4. The van der Waals surface area contributed by atoms with Gasteiger partial charge >= 0.3 is 12.1 Å². The highest BCUT2D eigenvalue weighted by Gasteiger charge is 2.47. The Morgan fingerprint density at radius 1 is 1.25 bits per heavy atom. The molecule has 1 spiro atoms. The summed E-state index contributed by atoms with van der Waals surface area (Å²) in [5, 5.41) is 13.1. The average molecular weight is 596 g/mol. The number of nitrogens with zero attached hydrogens (tertiary/aromatic N) is 7. The fourth-order valence-electron chi connectivity index (χ4n) is 5.12. The molecule has 0 aromatic carbocycles. The molecule has 212 valence electrons. The average Bonchev–Trinajstić information content (AvgIpc) is 3.59. The van der Waals surface area contributed by atoms with Crippen molar-refractivity contribution in [3.05, 3.63) is 53.5 Å². The minimum absolute atomic E-state index is 0.0279. The number of anilines is 2. The van der Waals surface area contributed by atoms with Gasteiger partial charge in [-0.2, -0.15) is 18.3 Å². The van der Waals surface area contributed by atoms with E-state index in [1.165, 1.54) is 11.8 Å². The van der Waals surface area contributed by atoms with Gasteiger partial charge in [-0.3, -0.25) is 9.08 Å². The SMILES string of the molecule is Cc1cc2n(n1)CC1(CCN(c3ncc(Sc4ccnc(N)c4Cl)n4cncc34)CC1)[C@@H]2N.O=C(O)C(F)(F)F. The molecule has 0 radical (unpaired) electrons. The molecule has 2 aliphatic heterocycles. The minimum atomic E-state index is -5.08. The summed E-state index contributed by atoms with van der Waals surface area (Å²) in [7, 11) is 0. The quantitative estimate of drug-likeness (QED) is 0.317. The maximum Gasteiger partial charge on any atom is 0.490 e. The van der Waals surface area contributed by atoms with Crippen molar-refractivity contribution in [2.75, 3.05) is 23.7 Å². The number of alkyl halides is 3. The predicted molar refractivity (Wildman–Crippen MR) is 142 cm³/mol. The fraction of sp³-hybridized carbons (Fsp3) is 0.375. The Balaban J connectivity index is 0.000000411. The number of carboxylic acid groups (broad SMARTS) is 1. The van der Waals surface area contributed by atoms with Crippen LogP contribution in [0.1, 0.15) is 30.3 Å². The first-order valence-corrected chi connectivity index (χ1v) is 13.3. The van der Waals surface area contributed by atoms with Crippen LogP contribution >= 0.6 is 23.4 Å². The number of hydrogen-bond acceptors (Lipinski definition) is 9. The number of aryl methyl sites for hydroxylation is 1. The Morgan fingerprint density at radius 2 is 1.95 bits per heavy atom. The van der Waals surface area contributed by atoms with Gasteiger partial charge in [-0.05, 0) is 31.9 Å². The van der Waals surface area contributed by atoms with Crippen LogP contribution in [0, 0.1) is 12.3 Å². The molecule has 0 amide bonds. The lowest BCUT2D eigenvalue weighted by atomic mass is 9.73. The van der Waals surface area contributed by atoms with Gasteiger partial charge in [0, 0.05) is 36.1 Å². The van der Waals surface area contributed by atoms with Crippen LogP contribution in [0.5, 0.6) is 0 Å². The molecule has 1 atom stereocenters. The first-order chi connectivity index (χ1) is 18.9. The molecule has 0 saturated carbocycles. The smallest absolute Gasteiger partial charge is 0.475 e. The lowest BCUT2D eigenvalue weighted by Gasteiger charge is -2.42. The van der Waals surface area contributed by atoms with Crippen molar-refractivity contribution in [2.45, 2.75) is 48.4 Å². The van der Waals surface area contributed by atoms with E-state index in [1.54, 1.807) is 12.5 Å². The minimum Gasteiger partial charge on any atom is -0.475 e. The van der Waals surface area contributed by atoms with Crippen LogP contribution < -0.4 is 16.4 Å². The zero-order valence-electron chi connectivity index (χ0n) is 21.1. The van der Waals surface area contributed by atoms with Gasteiger partial charge in [0.2, 0.25) is 0 Å². The number of aliphatic carboxylic acids is 1. The summed E-state index contributed by atoms with van der Waals surface area (Å²) in [6.07, 6.45) is 4.11. The molecule has 1 fully saturated rings. The second-order valence-corrected chi connectivity index (χ2v) is 11.1. The molecular formula is C24H25ClF3N9O2S. The summed E-state index contributed by atoms with van der Waals surface area (Å²) in [5.74, 6) is -1.50. The van der Waals surface area contributed by atoms with Crippen LogP contribution in [0.3, 0.4) is 0 Å². The first-order valence-electron chi connectivity index (χ1n) is 12.1. The number of hydrogen-bond donors (Lipinski definition) is 3. The molecule has 6 heterocycles. The normalized spacial score (nSPS) is 18.1. The maximum absolute atomic E-state index is 10.6. The molecule has 11 nitrogen and oxygen atoms in total. The molecule has 40 heavy (non-hydrogen) atoms. The van der Waals surface area contributed by atoms with Gasteiger partial charge in [-0.25, -0.2) is 19.7 Å². The Morgan fingerprint density at radius 3 is 2.60 bits per heavy atom. The van der Waals surface area contributed by atoms with Crippen LogP contribution in [0.25, 0.3) is 5.52 Å². The zero-order chi connectivity index (χ0) is 28.8. The predicted octanol–water partition coefficient (Wildman–Crippen LogP) is 3.95. The lowest BCUT2D eigenvalue weighted by molar-refractivity contribution is -0.192. The monoisotopic (exact) mass is 595 g/mol. The summed E-state index contributed by atoms with van der Waals surface area (Å²) in [5.41, 5.74) is 15.8. The van der Waals surface area contributed by atoms with Crippen LogP contribution in [0.4, 0.5) is 24.8 Å². The van der Waals surface area contributed by atoms with Gasteiger partial charge in [0.1, 0.15) is 22.7 Å². The molecule has 4 aromatic heterocycles. The number of nitrogens with two attached hydrogens (primary N) is 2. The van der Waals surface area contributed by atoms with Gasteiger partial charge in [-0.15, -0.1) is 0 Å². The van der Waals surface area contributed by atoms with E-state index in [0.717, 1.165) is 65.1 Å². The van der Waals surface area contributed by atoms with E-state index < -0.39 is 12.1 Å². The maximum atomic E-state index is 10.6. The van der Waals surface area contributed by atoms with Crippen molar-refractivity contribution >= 4 is 46.5 Å². The van der Waals surface area contributed by atoms with E-state index in [1.807, 2.05) is 29.8 Å². The van der Waals surface area contributed by atoms with E-state index in [4.69, 9.17) is 38.0 Å². The Hall–Kier alpha value is -3.56. The molecule has 4 aromatic rings. The van der Waals surface area contributed by atoms with Crippen molar-refractivity contribution in [1.82, 2.24) is 29.1 Å². The van der Waals surface area contributed by atoms with E-state index in [2.05, 4.69) is 30.7 Å². The van der Waals surface area contributed by atoms with E-state index in [-0.39, 0.29) is 11.5 Å². The number of pyridine rings is 1. The number of imidazole rings is 1. The summed E-state index contributed by atoms with van der Waals surface area (Å²) in [6.45, 7) is 4.70. The molecular weight excluding hydrogens is 571 g/mol. The summed E-state index contributed by atoms with van der Waals surface area (Å²) in [4.78, 5) is 25.3. The molecule has 0 bridgehead atoms. The Labute approximate surface area is 235 Å². The third-order valence-electron chi connectivity index (χ3n) is 7.18. The first kappa shape index (κ1) is 28.0. The third-order valence-corrected chi connectivity index (χ3v) is 8.76. The number of carboxylic acids is 1. The number of nitrogen functional groups attached to an aromatic ring is 1. The van der Waals surface area contributed by atoms with Crippen molar-refractivity contribution in [3.8, 4) is 0 Å². The van der Waals surface area contributed by atoms with Gasteiger partial charge in [0.05, 0.1) is 34.8 Å². The zero-order valence-corrected chi connectivity index (χ0v) is 22.7.